The number of hydrogen-bond donors (Lipinski definition) is 1. The van der Waals surface area contributed by atoms with Crippen LogP contribution < -0.4 is 0 Å². The summed E-state index contributed by atoms with van der Waals surface area (Å²) >= 11 is 5.22. The molecule has 0 unspecified atom stereocenters. The molecule has 0 rings (SSSR count). The Hall–Kier alpha value is -0.760. The third-order valence-electron chi connectivity index (χ3n) is 0.559. The van der Waals surface area contributed by atoms with E-state index in [-0.39, 0.29) is 10.8 Å². The van der Waals surface area contributed by atoms with Crippen molar-refractivity contribution in [1.82, 2.24) is 0 Å². The number of halogens is 2. The van der Waals surface area contributed by atoms with Gasteiger partial charge in [0.05, 0.1) is 5.03 Å². The minimum Gasteiger partial charge on any atom is -0.507 e. The number of allylic oxidation sites excluding steroid dienone is 3. The van der Waals surface area contributed by atoms with Gasteiger partial charge in [0.1, 0.15) is 11.6 Å². The molecule has 0 aliphatic rings. The Morgan fingerprint density at radius 2 is 2.00 bits per heavy atom. The number of aliphatic hydroxyl groups excluding tert-OH is 1. The maximum absolute atomic E-state index is 11.8. The van der Waals surface area contributed by atoms with Crippen LogP contribution in [0.15, 0.2) is 35.9 Å². The highest BCUT2D eigenvalue weighted by atomic mass is 35.5. The Bertz CT molecular complexity index is 172. The van der Waals surface area contributed by atoms with Crippen LogP contribution in [0.3, 0.4) is 0 Å². The number of rotatable bonds is 2. The fraction of sp³-hybridized carbons (Fsp3) is 0. The van der Waals surface area contributed by atoms with Gasteiger partial charge in [0.15, 0.2) is 0 Å². The van der Waals surface area contributed by atoms with Gasteiger partial charge in [-0.15, -0.1) is 0 Å². The Balaban J connectivity index is 4.17. The van der Waals surface area contributed by atoms with Crippen molar-refractivity contribution < 1.29 is 9.50 Å². The minimum absolute atomic E-state index is 0.137. The van der Waals surface area contributed by atoms with Crippen LogP contribution in [0.4, 0.5) is 4.39 Å². The third kappa shape index (κ3) is 3.79. The molecule has 50 valence electrons. The van der Waals surface area contributed by atoms with E-state index >= 15 is 0 Å². The summed E-state index contributed by atoms with van der Waals surface area (Å²) in [5.41, 5.74) is 0. The molecule has 0 spiro atoms. The van der Waals surface area contributed by atoms with Gasteiger partial charge in [-0.1, -0.05) is 24.8 Å². The van der Waals surface area contributed by atoms with Crippen LogP contribution in [0, 0.1) is 0 Å². The second-order valence-corrected chi connectivity index (χ2v) is 1.79. The summed E-state index contributed by atoms with van der Waals surface area (Å²) < 4.78 is 11.8. The molecule has 3 heteroatoms. The van der Waals surface area contributed by atoms with Gasteiger partial charge in [-0.05, 0) is 6.08 Å². The fourth-order valence-corrected chi connectivity index (χ4v) is 0.339. The van der Waals surface area contributed by atoms with Gasteiger partial charge in [-0.3, -0.25) is 0 Å². The van der Waals surface area contributed by atoms with Crippen LogP contribution in [0.1, 0.15) is 0 Å². The second kappa shape index (κ2) is 3.30. The first-order valence-corrected chi connectivity index (χ1v) is 2.51. The highest BCUT2D eigenvalue weighted by Crippen LogP contribution is 2.12. The van der Waals surface area contributed by atoms with Crippen molar-refractivity contribution in [2.24, 2.45) is 0 Å². The molecule has 0 atom stereocenters. The van der Waals surface area contributed by atoms with Crippen molar-refractivity contribution in [3.8, 4) is 0 Å². The molecule has 0 bridgehead atoms. The van der Waals surface area contributed by atoms with Crippen molar-refractivity contribution >= 4 is 11.6 Å². The summed E-state index contributed by atoms with van der Waals surface area (Å²) in [5, 5.41) is 8.33. The van der Waals surface area contributed by atoms with Gasteiger partial charge in [0, 0.05) is 0 Å². The summed E-state index contributed by atoms with van der Waals surface area (Å²) in [7, 11) is 0. The van der Waals surface area contributed by atoms with E-state index in [0.29, 0.717) is 0 Å². The molecule has 1 N–H and O–H groups in total. The quantitative estimate of drug-likeness (QED) is 0.472. The number of hydrogen-bond acceptors (Lipinski definition) is 1. The van der Waals surface area contributed by atoms with Crippen molar-refractivity contribution in [2.45, 2.75) is 0 Å². The SMILES string of the molecule is C=C(F)/C=C(/Cl)C(=C)O. The highest BCUT2D eigenvalue weighted by Gasteiger charge is 1.94. The van der Waals surface area contributed by atoms with Crippen LogP contribution in [0.2, 0.25) is 0 Å². The first-order chi connectivity index (χ1) is 4.04. The summed E-state index contributed by atoms with van der Waals surface area (Å²) in [6, 6.07) is 0. The van der Waals surface area contributed by atoms with Crippen LogP contribution in [0.5, 0.6) is 0 Å². The van der Waals surface area contributed by atoms with E-state index in [1.807, 2.05) is 0 Å². The van der Waals surface area contributed by atoms with Gasteiger partial charge in [0.2, 0.25) is 0 Å². The standard InChI is InChI=1S/C6H6ClFO/c1-4(8)3-6(7)5(2)9/h3,9H,1-2H2/b6-3+. The Morgan fingerprint density at radius 3 is 2.11 bits per heavy atom. The van der Waals surface area contributed by atoms with Gasteiger partial charge in [-0.2, -0.15) is 0 Å². The molecule has 0 aliphatic carbocycles. The van der Waals surface area contributed by atoms with Crippen LogP contribution >= 0.6 is 11.6 Å². The van der Waals surface area contributed by atoms with Gasteiger partial charge in [-0.25, -0.2) is 4.39 Å². The molecular formula is C6H6ClFO. The van der Waals surface area contributed by atoms with Crippen LogP contribution in [-0.2, 0) is 0 Å². The Labute approximate surface area is 57.8 Å². The zero-order valence-corrected chi connectivity index (χ0v) is 5.45. The van der Waals surface area contributed by atoms with E-state index in [2.05, 4.69) is 13.2 Å². The molecule has 0 amide bonds. The molecule has 1 nitrogen and oxygen atoms in total. The fourth-order valence-electron chi connectivity index (χ4n) is 0.221. The van der Waals surface area contributed by atoms with Gasteiger partial charge in [0.25, 0.3) is 0 Å². The zero-order valence-electron chi connectivity index (χ0n) is 4.69. The molecule has 0 saturated heterocycles. The smallest absolute Gasteiger partial charge is 0.127 e. The van der Waals surface area contributed by atoms with E-state index < -0.39 is 5.83 Å². The van der Waals surface area contributed by atoms with Gasteiger partial charge >= 0.3 is 0 Å². The molecule has 0 saturated carbocycles. The van der Waals surface area contributed by atoms with Crippen molar-refractivity contribution in [2.75, 3.05) is 0 Å². The largest absolute Gasteiger partial charge is 0.507 e. The lowest BCUT2D eigenvalue weighted by atomic mass is 10.4. The Morgan fingerprint density at radius 1 is 1.56 bits per heavy atom. The monoisotopic (exact) mass is 148 g/mol. The summed E-state index contributed by atoms with van der Waals surface area (Å²) in [6.07, 6.45) is 0.879. The second-order valence-electron chi connectivity index (χ2n) is 1.39. The summed E-state index contributed by atoms with van der Waals surface area (Å²) in [5.74, 6) is -1.08. The van der Waals surface area contributed by atoms with Crippen molar-refractivity contribution in [1.29, 1.82) is 0 Å². The molecule has 0 fully saturated rings. The summed E-state index contributed by atoms with van der Waals surface area (Å²) in [6.45, 7) is 5.95. The predicted octanol–water partition coefficient (Wildman–Crippen LogP) is 2.66. The van der Waals surface area contributed by atoms with Gasteiger partial charge < -0.3 is 5.11 Å². The first kappa shape index (κ1) is 8.24. The average molecular weight is 149 g/mol. The van der Waals surface area contributed by atoms with Crippen molar-refractivity contribution in [3.05, 3.63) is 35.9 Å². The molecule has 0 aromatic rings. The van der Waals surface area contributed by atoms with E-state index in [1.165, 1.54) is 0 Å². The third-order valence-corrected chi connectivity index (χ3v) is 0.886. The molecule has 9 heavy (non-hydrogen) atoms. The topological polar surface area (TPSA) is 20.2 Å². The van der Waals surface area contributed by atoms with Crippen LogP contribution in [0.25, 0.3) is 0 Å². The lowest BCUT2D eigenvalue weighted by Gasteiger charge is -1.90. The molecular weight excluding hydrogens is 143 g/mol. The average Bonchev–Trinajstić information content (AvgIpc) is 1.63. The van der Waals surface area contributed by atoms with E-state index in [9.17, 15) is 4.39 Å². The van der Waals surface area contributed by atoms with Crippen molar-refractivity contribution in [3.63, 3.8) is 0 Å². The number of aliphatic hydroxyl groups is 1. The minimum atomic E-state index is -0.713. The molecule has 0 aromatic carbocycles. The lowest BCUT2D eigenvalue weighted by Crippen LogP contribution is -1.75. The van der Waals surface area contributed by atoms with E-state index in [1.54, 1.807) is 0 Å². The van der Waals surface area contributed by atoms with E-state index in [4.69, 9.17) is 16.7 Å². The molecule has 0 radical (unpaired) electrons. The van der Waals surface area contributed by atoms with E-state index in [0.717, 1.165) is 6.08 Å². The maximum Gasteiger partial charge on any atom is 0.127 e. The molecule has 0 aliphatic heterocycles. The molecule has 0 aromatic heterocycles. The highest BCUT2D eigenvalue weighted by molar-refractivity contribution is 6.31. The summed E-state index contributed by atoms with van der Waals surface area (Å²) in [4.78, 5) is 0. The Kier molecular flexibility index (Phi) is 3.02. The predicted molar refractivity (Wildman–Crippen MR) is 36.0 cm³/mol. The maximum atomic E-state index is 11.8. The normalized spacial score (nSPS) is 11.1. The molecule has 0 heterocycles. The lowest BCUT2D eigenvalue weighted by molar-refractivity contribution is 0.432. The van der Waals surface area contributed by atoms with Crippen LogP contribution in [-0.4, -0.2) is 5.11 Å². The zero-order chi connectivity index (χ0) is 7.44. The first-order valence-electron chi connectivity index (χ1n) is 2.14.